The Morgan fingerprint density at radius 2 is 0.900 bits per heavy atom. The van der Waals surface area contributed by atoms with E-state index in [1.165, 1.54) is 27.7 Å². The Morgan fingerprint density at radius 1 is 0.600 bits per heavy atom. The molecule has 0 spiro atoms. The van der Waals surface area contributed by atoms with Gasteiger partial charge in [0.15, 0.2) is 0 Å². The van der Waals surface area contributed by atoms with Crippen molar-refractivity contribution < 1.29 is 19.2 Å². The molecule has 110 valence electrons. The van der Waals surface area contributed by atoms with E-state index in [1.54, 1.807) is 0 Å². The third kappa shape index (κ3) is 2.25. The zero-order valence-electron chi connectivity index (χ0n) is 12.5. The Bertz CT molecular complexity index is 407. The van der Waals surface area contributed by atoms with E-state index in [-0.39, 0.29) is 58.6 Å². The first kappa shape index (κ1) is 15.1. The maximum atomic E-state index is 11.8. The Kier molecular flexibility index (Phi) is 3.94. The summed E-state index contributed by atoms with van der Waals surface area (Å²) in [4.78, 5) is 47.1. The van der Waals surface area contributed by atoms with Crippen molar-refractivity contribution in [3.8, 4) is 0 Å². The standard InChI is InChI=1S/C16H22O4/c1-7(17)11-5-13-14(6-12(11)8(2)18)16(10(4)20)15(13)9(3)19/h11-16H,5-6H2,1-4H3. The highest BCUT2D eigenvalue weighted by atomic mass is 16.1. The molecule has 2 saturated carbocycles. The Hall–Kier alpha value is -1.32. The van der Waals surface area contributed by atoms with Gasteiger partial charge in [-0.2, -0.15) is 0 Å². The molecule has 0 radical (unpaired) electrons. The lowest BCUT2D eigenvalue weighted by atomic mass is 9.46. The van der Waals surface area contributed by atoms with Crippen LogP contribution in [0, 0.1) is 35.5 Å². The maximum absolute atomic E-state index is 11.8. The summed E-state index contributed by atoms with van der Waals surface area (Å²) in [5.41, 5.74) is 0. The largest absolute Gasteiger partial charge is 0.300 e. The first-order chi connectivity index (χ1) is 9.25. The van der Waals surface area contributed by atoms with Gasteiger partial charge in [0.2, 0.25) is 0 Å². The zero-order chi connectivity index (χ0) is 15.2. The van der Waals surface area contributed by atoms with Crippen LogP contribution in [0.3, 0.4) is 0 Å². The van der Waals surface area contributed by atoms with Crippen LogP contribution in [-0.4, -0.2) is 23.1 Å². The summed E-state index contributed by atoms with van der Waals surface area (Å²) < 4.78 is 0. The van der Waals surface area contributed by atoms with Crippen LogP contribution in [0.25, 0.3) is 0 Å². The summed E-state index contributed by atoms with van der Waals surface area (Å²) in [6.45, 7) is 6.09. The number of ketones is 4. The number of hydrogen-bond donors (Lipinski definition) is 0. The van der Waals surface area contributed by atoms with Gasteiger partial charge in [0.25, 0.3) is 0 Å². The summed E-state index contributed by atoms with van der Waals surface area (Å²) in [7, 11) is 0. The van der Waals surface area contributed by atoms with Crippen LogP contribution < -0.4 is 0 Å². The molecule has 2 fully saturated rings. The molecule has 6 atom stereocenters. The first-order valence-corrected chi connectivity index (χ1v) is 7.27. The van der Waals surface area contributed by atoms with Crippen molar-refractivity contribution >= 4 is 23.1 Å². The van der Waals surface area contributed by atoms with Crippen molar-refractivity contribution in [3.05, 3.63) is 0 Å². The molecule has 0 aliphatic heterocycles. The molecule has 2 aliphatic carbocycles. The third-order valence-corrected chi connectivity index (χ3v) is 5.38. The summed E-state index contributed by atoms with van der Waals surface area (Å²) in [6, 6.07) is 0. The van der Waals surface area contributed by atoms with Gasteiger partial charge in [-0.15, -0.1) is 0 Å². The van der Waals surface area contributed by atoms with Crippen molar-refractivity contribution in [1.29, 1.82) is 0 Å². The van der Waals surface area contributed by atoms with Crippen molar-refractivity contribution in [2.45, 2.75) is 40.5 Å². The average Bonchev–Trinajstić information content (AvgIpc) is 2.28. The van der Waals surface area contributed by atoms with E-state index in [9.17, 15) is 19.2 Å². The maximum Gasteiger partial charge on any atom is 0.133 e. The second-order valence-electron chi connectivity index (χ2n) is 6.51. The van der Waals surface area contributed by atoms with Gasteiger partial charge in [0, 0.05) is 23.7 Å². The molecule has 0 aromatic heterocycles. The average molecular weight is 278 g/mol. The number of Topliss-reactive ketones (excluding diaryl/α,β-unsaturated/α-hetero) is 4. The van der Waals surface area contributed by atoms with Crippen LogP contribution in [0.2, 0.25) is 0 Å². The smallest absolute Gasteiger partial charge is 0.133 e. The van der Waals surface area contributed by atoms with Crippen LogP contribution in [0.4, 0.5) is 0 Å². The molecule has 20 heavy (non-hydrogen) atoms. The van der Waals surface area contributed by atoms with Crippen LogP contribution in [0.1, 0.15) is 40.5 Å². The fourth-order valence-electron chi connectivity index (χ4n) is 4.48. The van der Waals surface area contributed by atoms with Crippen LogP contribution >= 0.6 is 0 Å². The van der Waals surface area contributed by atoms with Crippen molar-refractivity contribution in [3.63, 3.8) is 0 Å². The van der Waals surface area contributed by atoms with E-state index in [0.717, 1.165) is 0 Å². The molecule has 0 heterocycles. The highest BCUT2D eigenvalue weighted by Gasteiger charge is 2.58. The van der Waals surface area contributed by atoms with Gasteiger partial charge in [-0.3, -0.25) is 19.2 Å². The SMILES string of the molecule is CC(=O)C1CC2C(CC1C(C)=O)C(C(C)=O)C2C(C)=O. The Labute approximate surface area is 119 Å². The molecule has 4 nitrogen and oxygen atoms in total. The van der Waals surface area contributed by atoms with Crippen molar-refractivity contribution in [2.75, 3.05) is 0 Å². The van der Waals surface area contributed by atoms with Crippen LogP contribution in [0.5, 0.6) is 0 Å². The molecule has 0 aromatic carbocycles. The first-order valence-electron chi connectivity index (χ1n) is 7.27. The number of hydrogen-bond acceptors (Lipinski definition) is 4. The van der Waals surface area contributed by atoms with Gasteiger partial charge >= 0.3 is 0 Å². The van der Waals surface area contributed by atoms with Crippen LogP contribution in [-0.2, 0) is 19.2 Å². The van der Waals surface area contributed by atoms with E-state index < -0.39 is 0 Å². The van der Waals surface area contributed by atoms with Gasteiger partial charge in [0.05, 0.1) is 0 Å². The molecule has 0 aromatic rings. The van der Waals surface area contributed by atoms with E-state index in [0.29, 0.717) is 12.8 Å². The monoisotopic (exact) mass is 278 g/mol. The number of carbonyl (C=O) groups excluding carboxylic acids is 4. The predicted octanol–water partition coefficient (Wildman–Crippen LogP) is 1.85. The summed E-state index contributed by atoms with van der Waals surface area (Å²) >= 11 is 0. The molecular formula is C16H22O4. The molecule has 0 N–H and O–H groups in total. The molecule has 0 saturated heterocycles. The van der Waals surface area contributed by atoms with Crippen molar-refractivity contribution in [1.82, 2.24) is 0 Å². The van der Waals surface area contributed by atoms with Gasteiger partial charge in [-0.25, -0.2) is 0 Å². The summed E-state index contributed by atoms with van der Waals surface area (Å²) in [5.74, 6) is -0.706. The van der Waals surface area contributed by atoms with Gasteiger partial charge in [0.1, 0.15) is 23.1 Å². The molecule has 0 amide bonds. The minimum Gasteiger partial charge on any atom is -0.300 e. The molecule has 2 rings (SSSR count). The fraction of sp³-hybridized carbons (Fsp3) is 0.750. The van der Waals surface area contributed by atoms with Gasteiger partial charge < -0.3 is 0 Å². The molecule has 0 bridgehead atoms. The number of carbonyl (C=O) groups is 4. The fourth-order valence-corrected chi connectivity index (χ4v) is 4.48. The lowest BCUT2D eigenvalue weighted by Crippen LogP contribution is -2.58. The highest BCUT2D eigenvalue weighted by Crippen LogP contribution is 2.57. The Balaban J connectivity index is 2.27. The van der Waals surface area contributed by atoms with E-state index in [2.05, 4.69) is 0 Å². The van der Waals surface area contributed by atoms with E-state index in [4.69, 9.17) is 0 Å². The van der Waals surface area contributed by atoms with E-state index >= 15 is 0 Å². The lowest BCUT2D eigenvalue weighted by Gasteiger charge is -2.55. The van der Waals surface area contributed by atoms with Crippen LogP contribution in [0.15, 0.2) is 0 Å². The third-order valence-electron chi connectivity index (χ3n) is 5.38. The Morgan fingerprint density at radius 3 is 1.10 bits per heavy atom. The minimum absolute atomic E-state index is 0.0252. The second kappa shape index (κ2) is 5.23. The number of fused-ring (bicyclic) bond motifs is 1. The lowest BCUT2D eigenvalue weighted by molar-refractivity contribution is -0.161. The summed E-state index contributed by atoms with van der Waals surface area (Å²) in [6.07, 6.45) is 1.16. The molecule has 6 unspecified atom stereocenters. The topological polar surface area (TPSA) is 68.3 Å². The highest BCUT2D eigenvalue weighted by molar-refractivity contribution is 5.92. The normalized spacial score (nSPS) is 39.4. The van der Waals surface area contributed by atoms with Gasteiger partial charge in [-0.05, 0) is 52.4 Å². The van der Waals surface area contributed by atoms with E-state index in [1.807, 2.05) is 0 Å². The molecule has 4 heteroatoms. The minimum atomic E-state index is -0.275. The number of rotatable bonds is 4. The molecule has 2 aliphatic rings. The zero-order valence-corrected chi connectivity index (χ0v) is 12.5. The quantitative estimate of drug-likeness (QED) is 0.787. The second-order valence-corrected chi connectivity index (χ2v) is 6.51. The van der Waals surface area contributed by atoms with Crippen molar-refractivity contribution in [2.24, 2.45) is 35.5 Å². The predicted molar refractivity (Wildman–Crippen MR) is 72.9 cm³/mol. The summed E-state index contributed by atoms with van der Waals surface area (Å²) in [5, 5.41) is 0. The van der Waals surface area contributed by atoms with Gasteiger partial charge in [-0.1, -0.05) is 0 Å². The molecular weight excluding hydrogens is 256 g/mol.